The quantitative estimate of drug-likeness (QED) is 0.0619. The van der Waals surface area contributed by atoms with Crippen LogP contribution in [0, 0.1) is 0 Å². The van der Waals surface area contributed by atoms with Gasteiger partial charge in [0.05, 0.1) is 31.5 Å². The summed E-state index contributed by atoms with van der Waals surface area (Å²) >= 11 is 1.63. The zero-order valence-corrected chi connectivity index (χ0v) is 30.1. The molecule has 0 radical (unpaired) electrons. The number of thioether (sulfide) groups is 1. The second-order valence-electron chi connectivity index (χ2n) is 12.4. The van der Waals surface area contributed by atoms with Gasteiger partial charge in [0.1, 0.15) is 24.1 Å². The van der Waals surface area contributed by atoms with E-state index >= 15 is 0 Å². The number of aliphatic hydroxyl groups excluding tert-OH is 1. The second kappa shape index (κ2) is 19.3. The first-order valence-corrected chi connectivity index (χ1v) is 18.4. The molecule has 53 heavy (non-hydrogen) atoms. The van der Waals surface area contributed by atoms with Crippen molar-refractivity contribution in [2.45, 2.75) is 61.8 Å². The maximum absolute atomic E-state index is 12.7. The van der Waals surface area contributed by atoms with Gasteiger partial charge in [0.2, 0.25) is 0 Å². The molecule has 9 nitrogen and oxygen atoms in total. The van der Waals surface area contributed by atoms with Crippen molar-refractivity contribution in [3.63, 3.8) is 0 Å². The molecule has 274 valence electrons. The lowest BCUT2D eigenvalue weighted by atomic mass is 9.97. The molecule has 1 N–H and O–H groups in total. The van der Waals surface area contributed by atoms with Crippen LogP contribution >= 0.6 is 11.8 Å². The van der Waals surface area contributed by atoms with Crippen LogP contribution in [0.2, 0.25) is 0 Å². The van der Waals surface area contributed by atoms with E-state index in [9.17, 15) is 14.7 Å². The Labute approximate surface area is 313 Å². The maximum Gasteiger partial charge on any atom is 0.343 e. The van der Waals surface area contributed by atoms with Gasteiger partial charge >= 0.3 is 11.9 Å². The van der Waals surface area contributed by atoms with Crippen molar-refractivity contribution >= 4 is 23.7 Å². The first-order valence-electron chi connectivity index (χ1n) is 17.4. The van der Waals surface area contributed by atoms with Crippen LogP contribution in [0.3, 0.4) is 0 Å². The molecule has 5 aromatic rings. The summed E-state index contributed by atoms with van der Waals surface area (Å²) in [5.74, 6) is -0.0800. The summed E-state index contributed by atoms with van der Waals surface area (Å²) in [6, 6.07) is 45.1. The summed E-state index contributed by atoms with van der Waals surface area (Å²) in [6.45, 7) is 1.18. The lowest BCUT2D eigenvalue weighted by molar-refractivity contribution is -0.326. The lowest BCUT2D eigenvalue weighted by Gasteiger charge is -2.45. The van der Waals surface area contributed by atoms with Crippen LogP contribution in [-0.2, 0) is 41.7 Å². The molecule has 0 saturated carbocycles. The first-order chi connectivity index (χ1) is 26.0. The fraction of sp³-hybridized carbons (Fsp3) is 0.256. The number of hydrogen-bond donors (Lipinski definition) is 1. The molecule has 6 atom stereocenters. The minimum atomic E-state index is -1.07. The molecule has 1 aliphatic rings. The standard InChI is InChI=1S/C43H42O9S/c1-30(45)49-40-39(47-27-31-14-6-2-7-15-31)37(26-44)52-43(48-28-32-22-24-35(25-23-32)50-42(46)34-18-10-4-11-19-34)41(40)51-38(33-16-8-3-9-17-33)29-53-36-20-12-5-13-21-36/h2-25,37-41,43-44H,26-29H2,1H3/t37-,38-,39-,40+,41-,43+/m1/s1. The highest BCUT2D eigenvalue weighted by Crippen LogP contribution is 2.36. The van der Waals surface area contributed by atoms with E-state index in [1.807, 2.05) is 97.1 Å². The topological polar surface area (TPSA) is 110 Å². The third-order valence-corrected chi connectivity index (χ3v) is 9.63. The minimum Gasteiger partial charge on any atom is -0.457 e. The Morgan fingerprint density at radius 3 is 1.92 bits per heavy atom. The van der Waals surface area contributed by atoms with Gasteiger partial charge in [-0.1, -0.05) is 109 Å². The largest absolute Gasteiger partial charge is 0.457 e. The number of benzene rings is 5. The van der Waals surface area contributed by atoms with E-state index in [2.05, 4.69) is 0 Å². The van der Waals surface area contributed by atoms with Crippen molar-refractivity contribution in [2.24, 2.45) is 0 Å². The normalized spacial score (nSPS) is 20.3. The molecule has 10 heteroatoms. The van der Waals surface area contributed by atoms with Crippen molar-refractivity contribution in [1.29, 1.82) is 0 Å². The molecule has 0 bridgehead atoms. The molecule has 0 unspecified atom stereocenters. The third kappa shape index (κ3) is 10.9. The molecular weight excluding hydrogens is 693 g/mol. The predicted octanol–water partition coefficient (Wildman–Crippen LogP) is 7.58. The summed E-state index contributed by atoms with van der Waals surface area (Å²) in [5.41, 5.74) is 3.03. The average Bonchev–Trinajstić information content (AvgIpc) is 3.20. The first kappa shape index (κ1) is 37.9. The van der Waals surface area contributed by atoms with Gasteiger partial charge in [0.25, 0.3) is 0 Å². The Morgan fingerprint density at radius 2 is 1.28 bits per heavy atom. The Hall–Kier alpha value is -4.81. The fourth-order valence-electron chi connectivity index (χ4n) is 5.93. The van der Waals surface area contributed by atoms with Gasteiger partial charge in [0, 0.05) is 17.6 Å². The smallest absolute Gasteiger partial charge is 0.343 e. The van der Waals surface area contributed by atoms with Crippen molar-refractivity contribution in [3.8, 4) is 5.75 Å². The summed E-state index contributed by atoms with van der Waals surface area (Å²) in [5, 5.41) is 10.6. The average molecular weight is 735 g/mol. The summed E-state index contributed by atoms with van der Waals surface area (Å²) in [7, 11) is 0. The van der Waals surface area contributed by atoms with Crippen LogP contribution in [0.1, 0.15) is 40.1 Å². The highest BCUT2D eigenvalue weighted by molar-refractivity contribution is 7.99. The summed E-state index contributed by atoms with van der Waals surface area (Å²) in [6.07, 6.45) is -5.29. The molecule has 1 fully saturated rings. The molecule has 6 rings (SSSR count). The number of ether oxygens (including phenoxy) is 6. The number of rotatable bonds is 16. The van der Waals surface area contributed by atoms with E-state index in [0.717, 1.165) is 21.6 Å². The highest BCUT2D eigenvalue weighted by Gasteiger charge is 2.51. The highest BCUT2D eigenvalue weighted by atomic mass is 32.2. The van der Waals surface area contributed by atoms with Crippen LogP contribution in [0.15, 0.2) is 150 Å². The molecular formula is C43H42O9S. The zero-order chi connectivity index (χ0) is 36.8. The zero-order valence-electron chi connectivity index (χ0n) is 29.3. The molecule has 5 aromatic carbocycles. The number of hydrogen-bond acceptors (Lipinski definition) is 10. The van der Waals surface area contributed by atoms with Gasteiger partial charge in [0.15, 0.2) is 12.4 Å². The molecule has 0 amide bonds. The van der Waals surface area contributed by atoms with Crippen molar-refractivity contribution in [1.82, 2.24) is 0 Å². The lowest BCUT2D eigenvalue weighted by Crippen LogP contribution is -2.62. The Kier molecular flexibility index (Phi) is 13.8. The molecule has 1 aliphatic heterocycles. The van der Waals surface area contributed by atoms with Crippen molar-refractivity contribution in [2.75, 3.05) is 12.4 Å². The number of carbonyl (C=O) groups excluding carboxylic acids is 2. The maximum atomic E-state index is 12.7. The second-order valence-corrected chi connectivity index (χ2v) is 13.5. The van der Waals surface area contributed by atoms with Crippen LogP contribution in [0.4, 0.5) is 0 Å². The number of aliphatic hydroxyl groups is 1. The van der Waals surface area contributed by atoms with Gasteiger partial charge in [-0.3, -0.25) is 4.79 Å². The molecule has 0 spiro atoms. The number of carbonyl (C=O) groups is 2. The van der Waals surface area contributed by atoms with E-state index < -0.39 is 55.4 Å². The van der Waals surface area contributed by atoms with Crippen molar-refractivity contribution in [3.05, 3.63) is 168 Å². The summed E-state index contributed by atoms with van der Waals surface area (Å²) < 4.78 is 37.7. The fourth-order valence-corrected chi connectivity index (χ4v) is 6.89. The molecule has 1 saturated heterocycles. The Morgan fingerprint density at radius 1 is 0.698 bits per heavy atom. The molecule has 0 aromatic heterocycles. The van der Waals surface area contributed by atoms with E-state index in [1.165, 1.54) is 6.92 Å². The predicted molar refractivity (Wildman–Crippen MR) is 200 cm³/mol. The Bertz CT molecular complexity index is 1840. The van der Waals surface area contributed by atoms with Crippen molar-refractivity contribution < 1.29 is 43.1 Å². The van der Waals surface area contributed by atoms with Gasteiger partial charge in [-0.05, 0) is 53.1 Å². The third-order valence-electron chi connectivity index (χ3n) is 8.55. The summed E-state index contributed by atoms with van der Waals surface area (Å²) in [4.78, 5) is 26.3. The van der Waals surface area contributed by atoms with Gasteiger partial charge in [-0.2, -0.15) is 0 Å². The monoisotopic (exact) mass is 734 g/mol. The van der Waals surface area contributed by atoms with Gasteiger partial charge < -0.3 is 33.5 Å². The van der Waals surface area contributed by atoms with Gasteiger partial charge in [-0.25, -0.2) is 4.79 Å². The van der Waals surface area contributed by atoms with E-state index in [1.54, 1.807) is 60.3 Å². The minimum absolute atomic E-state index is 0.0761. The van der Waals surface area contributed by atoms with Crippen LogP contribution in [-0.4, -0.2) is 60.1 Å². The van der Waals surface area contributed by atoms with Crippen LogP contribution in [0.5, 0.6) is 5.75 Å². The molecule has 1 heterocycles. The van der Waals surface area contributed by atoms with Crippen LogP contribution in [0.25, 0.3) is 0 Å². The SMILES string of the molecule is CC(=O)O[C@@H]1[C@@H](O[C@H](CSc2ccccc2)c2ccccc2)[C@@H](OCc2ccc(OC(=O)c3ccccc3)cc2)O[C@H](CO)[C@H]1OCc1ccccc1. The number of esters is 2. The van der Waals surface area contributed by atoms with E-state index in [-0.39, 0.29) is 13.2 Å². The van der Waals surface area contributed by atoms with E-state index in [0.29, 0.717) is 17.1 Å². The van der Waals surface area contributed by atoms with Crippen LogP contribution < -0.4 is 4.74 Å². The molecule has 0 aliphatic carbocycles. The van der Waals surface area contributed by atoms with E-state index in [4.69, 9.17) is 28.4 Å². The van der Waals surface area contributed by atoms with Gasteiger partial charge in [-0.15, -0.1) is 11.8 Å². The Balaban J connectivity index is 1.26.